The first kappa shape index (κ1) is 58.5. The van der Waals surface area contributed by atoms with Gasteiger partial charge in [0.05, 0.1) is 33.0 Å². The molecule has 500 valence electrons. The topological polar surface area (TPSA) is 11.4 Å². The first-order valence-corrected chi connectivity index (χ1v) is 38.4. The summed E-state index contributed by atoms with van der Waals surface area (Å²) in [6.45, 7) is -0.318. The number of anilines is 6. The van der Waals surface area contributed by atoms with Gasteiger partial charge in [-0.25, -0.2) is 0 Å². The van der Waals surface area contributed by atoms with E-state index in [9.17, 15) is 0 Å². The molecule has 0 atom stereocenters. The van der Waals surface area contributed by atoms with Gasteiger partial charge in [0, 0.05) is 44.9 Å². The molecular formula is C105H62BN3. The Morgan fingerprint density at radius 3 is 1.04 bits per heavy atom. The molecule has 1 aromatic heterocycles. The Morgan fingerprint density at radius 1 is 0.202 bits per heavy atom. The van der Waals surface area contributed by atoms with Crippen LogP contribution in [0.2, 0.25) is 0 Å². The summed E-state index contributed by atoms with van der Waals surface area (Å²) in [6.07, 6.45) is 0. The number of fused-ring (bicyclic) bond motifs is 38. The van der Waals surface area contributed by atoms with Gasteiger partial charge in [-0.2, -0.15) is 0 Å². The van der Waals surface area contributed by atoms with Crippen LogP contribution < -0.4 is 26.2 Å². The van der Waals surface area contributed by atoms with Crippen molar-refractivity contribution in [2.75, 3.05) is 9.80 Å². The van der Waals surface area contributed by atoms with Crippen molar-refractivity contribution in [3.63, 3.8) is 0 Å². The fourth-order valence-electron chi connectivity index (χ4n) is 22.8. The first-order chi connectivity index (χ1) is 54.1. The molecule has 0 saturated heterocycles. The third kappa shape index (κ3) is 6.96. The van der Waals surface area contributed by atoms with Gasteiger partial charge in [0.15, 0.2) is 0 Å². The Hall–Kier alpha value is -13.8. The number of aromatic nitrogens is 1. The summed E-state index contributed by atoms with van der Waals surface area (Å²) in [5, 5.41) is 2.44. The molecule has 26 rings (SSSR count). The van der Waals surface area contributed by atoms with Gasteiger partial charge >= 0.3 is 0 Å². The highest BCUT2D eigenvalue weighted by Gasteiger charge is 2.59. The van der Waals surface area contributed by atoms with E-state index in [1.807, 2.05) is 0 Å². The molecule has 0 radical (unpaired) electrons. The maximum Gasteiger partial charge on any atom is 0.252 e. The smallest absolute Gasteiger partial charge is 0.252 e. The third-order valence-corrected chi connectivity index (χ3v) is 26.6. The lowest BCUT2D eigenvalue weighted by Gasteiger charge is -2.47. The average Bonchev–Trinajstić information content (AvgIpc) is 1.56. The average molecular weight is 1380 g/mol. The zero-order valence-corrected chi connectivity index (χ0v) is 59.2. The van der Waals surface area contributed by atoms with Crippen molar-refractivity contribution in [2.45, 2.75) is 16.2 Å². The molecule has 109 heavy (non-hydrogen) atoms. The lowest BCUT2D eigenvalue weighted by Crippen LogP contribution is -2.63. The number of hydrogen-bond acceptors (Lipinski definition) is 2. The summed E-state index contributed by atoms with van der Waals surface area (Å²) in [6, 6.07) is 146. The second-order valence-corrected chi connectivity index (χ2v) is 31.1. The van der Waals surface area contributed by atoms with Gasteiger partial charge < -0.3 is 14.4 Å². The van der Waals surface area contributed by atoms with E-state index in [1.165, 1.54) is 183 Å². The lowest BCUT2D eigenvalue weighted by molar-refractivity contribution is 0.793. The van der Waals surface area contributed by atoms with E-state index in [1.54, 1.807) is 0 Å². The summed E-state index contributed by atoms with van der Waals surface area (Å²) < 4.78 is 2.56. The molecule has 0 fully saturated rings. The number of benzene rings is 17. The Balaban J connectivity index is 0.844. The number of rotatable bonds is 4. The summed E-state index contributed by atoms with van der Waals surface area (Å²) in [4.78, 5) is 5.44. The first-order valence-electron chi connectivity index (χ1n) is 38.4. The fraction of sp³-hybridized carbons (Fsp3) is 0.0286. The van der Waals surface area contributed by atoms with E-state index < -0.39 is 16.2 Å². The molecule has 2 aliphatic heterocycles. The quantitative estimate of drug-likeness (QED) is 0.163. The highest BCUT2D eigenvalue weighted by molar-refractivity contribution is 7.01. The second-order valence-electron chi connectivity index (χ2n) is 31.1. The van der Waals surface area contributed by atoms with E-state index in [4.69, 9.17) is 0 Å². The van der Waals surface area contributed by atoms with Crippen LogP contribution in [0.1, 0.15) is 66.8 Å². The van der Waals surface area contributed by atoms with Crippen LogP contribution in [0.4, 0.5) is 34.1 Å². The third-order valence-electron chi connectivity index (χ3n) is 26.6. The van der Waals surface area contributed by atoms with Crippen LogP contribution >= 0.6 is 0 Å². The molecule has 4 heteroatoms. The molecule has 3 spiro atoms. The van der Waals surface area contributed by atoms with E-state index in [2.05, 4.69) is 390 Å². The maximum absolute atomic E-state index is 2.74. The Labute approximate surface area is 631 Å². The van der Waals surface area contributed by atoms with Crippen LogP contribution in [0, 0.1) is 0 Å². The van der Waals surface area contributed by atoms with E-state index in [0.717, 1.165) is 39.5 Å². The zero-order chi connectivity index (χ0) is 70.7. The normalized spacial score (nSPS) is 15.0. The van der Waals surface area contributed by atoms with Crippen molar-refractivity contribution in [3.8, 4) is 83.6 Å². The van der Waals surface area contributed by atoms with Crippen LogP contribution in [0.3, 0.4) is 0 Å². The Kier molecular flexibility index (Phi) is 11.2. The number of hydrogen-bond donors (Lipinski definition) is 0. The number of nitrogens with zero attached hydrogens (tertiary/aromatic N) is 3. The Morgan fingerprint density at radius 2 is 0.560 bits per heavy atom. The Bertz CT molecular complexity index is 6950. The minimum Gasteiger partial charge on any atom is -0.311 e. The van der Waals surface area contributed by atoms with Gasteiger partial charge in [-0.05, 0) is 222 Å². The molecule has 8 aliphatic rings. The molecule has 0 bridgehead atoms. The highest BCUT2D eigenvalue weighted by atomic mass is 15.2. The van der Waals surface area contributed by atoms with Gasteiger partial charge in [-0.1, -0.05) is 315 Å². The largest absolute Gasteiger partial charge is 0.311 e. The summed E-state index contributed by atoms with van der Waals surface area (Å²) >= 11 is 0. The summed E-state index contributed by atoms with van der Waals surface area (Å²) in [7, 11) is 0. The van der Waals surface area contributed by atoms with Crippen molar-refractivity contribution in [1.82, 2.24) is 4.57 Å². The highest BCUT2D eigenvalue weighted by Crippen LogP contribution is 2.68. The molecule has 3 heterocycles. The molecule has 3 nitrogen and oxygen atoms in total. The standard InChI is InChI=1S/C105H62BN3/c1-2-26-63(27-3-1)64-50-52-65(53-51-64)107-97-62-92-81(76-36-12-20-44-87(76)104(92)84-41-17-6-30-70(84)71-31-7-18-42-85(71)104)61-93(97)106-101-98(107)59-67(109-94-48-24-13-37-77(94)78-38-14-25-49-95(78)109)60-99(101)108(66-54-56-91-80(58-66)75-35-11-19-43-86(75)103(91)82-39-15-4-28-68(82)69-29-5-16-40-83(69)103)96-57-55-79-74-34-10-23-47-90(74)105(100(79)102(96)106)88-45-21-8-32-72(88)73-33-9-22-46-89(73)105/h1-62H. The van der Waals surface area contributed by atoms with Crippen LogP contribution in [0.5, 0.6) is 0 Å². The van der Waals surface area contributed by atoms with Crippen LogP contribution in [0.15, 0.2) is 376 Å². The molecule has 0 unspecified atom stereocenters. The molecular weight excluding hydrogens is 1310 g/mol. The molecule has 18 aromatic rings. The van der Waals surface area contributed by atoms with Crippen LogP contribution in [-0.4, -0.2) is 11.3 Å². The minimum atomic E-state index is -0.710. The van der Waals surface area contributed by atoms with Crippen molar-refractivity contribution < 1.29 is 0 Å². The zero-order valence-electron chi connectivity index (χ0n) is 59.2. The number of para-hydroxylation sites is 2. The van der Waals surface area contributed by atoms with Crippen molar-refractivity contribution in [1.29, 1.82) is 0 Å². The lowest BCUT2D eigenvalue weighted by atomic mass is 9.31. The van der Waals surface area contributed by atoms with Crippen molar-refractivity contribution >= 4 is 79.0 Å². The maximum atomic E-state index is 2.74. The van der Waals surface area contributed by atoms with Crippen LogP contribution in [-0.2, 0) is 16.2 Å². The van der Waals surface area contributed by atoms with Crippen LogP contribution in [0.25, 0.3) is 105 Å². The van der Waals surface area contributed by atoms with Crippen molar-refractivity contribution in [2.24, 2.45) is 0 Å². The molecule has 0 N–H and O–H groups in total. The van der Waals surface area contributed by atoms with Crippen molar-refractivity contribution in [3.05, 3.63) is 443 Å². The van der Waals surface area contributed by atoms with Gasteiger partial charge in [0.25, 0.3) is 6.71 Å². The molecule has 0 saturated carbocycles. The minimum absolute atomic E-state index is 0.318. The predicted molar refractivity (Wildman–Crippen MR) is 449 cm³/mol. The second kappa shape index (κ2) is 20.8. The van der Waals surface area contributed by atoms with Gasteiger partial charge in [0.1, 0.15) is 0 Å². The molecule has 6 aliphatic carbocycles. The monoisotopic (exact) mass is 1380 g/mol. The summed E-state index contributed by atoms with van der Waals surface area (Å²) in [5.41, 5.74) is 45.9. The molecule has 17 aromatic carbocycles. The van der Waals surface area contributed by atoms with Gasteiger partial charge in [-0.15, -0.1) is 0 Å². The SMILES string of the molecule is c1ccc(-c2ccc(N3c4cc5c(cc4B4c6c3cc(-n3c7ccccc7c7ccccc73)cc6N(c3ccc6c(c3)-c3ccccc3C63c6ccccc6-c6ccccc63)c3ccc6c(c34)C3(c4ccccc4-c4ccccc43)c3ccccc3-6)-c3ccccc3C53c4ccccc4-c4ccccc43)cc2)cc1. The fourth-order valence-corrected chi connectivity index (χ4v) is 22.8. The summed E-state index contributed by atoms with van der Waals surface area (Å²) in [5.74, 6) is 0. The van der Waals surface area contributed by atoms with Gasteiger partial charge in [-0.3, -0.25) is 0 Å². The molecule has 0 amide bonds. The predicted octanol–water partition coefficient (Wildman–Crippen LogP) is 23.6. The van der Waals surface area contributed by atoms with Gasteiger partial charge in [0.2, 0.25) is 0 Å². The van der Waals surface area contributed by atoms with E-state index in [0.29, 0.717) is 0 Å². The van der Waals surface area contributed by atoms with E-state index in [-0.39, 0.29) is 6.71 Å². The van der Waals surface area contributed by atoms with E-state index >= 15 is 0 Å².